The average molecular weight is 834 g/mol. The fourth-order valence-corrected chi connectivity index (χ4v) is 5.93. The van der Waals surface area contributed by atoms with Crippen molar-refractivity contribution in [1.82, 2.24) is 49.7 Å². The molecule has 6 aromatic rings. The number of aromatic amines is 1. The van der Waals surface area contributed by atoms with Gasteiger partial charge in [0.25, 0.3) is 0 Å². The van der Waals surface area contributed by atoms with Gasteiger partial charge in [-0.2, -0.15) is 9.78 Å². The van der Waals surface area contributed by atoms with Gasteiger partial charge in [0.2, 0.25) is 0 Å². The van der Waals surface area contributed by atoms with Gasteiger partial charge in [-0.3, -0.25) is 24.3 Å². The zero-order valence-electron chi connectivity index (χ0n) is 33.1. The number of nitrogens with one attached hydrogen (secondary N) is 1. The van der Waals surface area contributed by atoms with E-state index < -0.39 is 7.15 Å². The summed E-state index contributed by atoms with van der Waals surface area (Å²) in [5, 5.41) is 11.2. The normalized spacial score (nSPS) is 13.7. The molecule has 2 aromatic carbocycles. The quantitative estimate of drug-likeness (QED) is 0.131. The van der Waals surface area contributed by atoms with Gasteiger partial charge in [-0.25, -0.2) is 23.5 Å². The van der Waals surface area contributed by atoms with Gasteiger partial charge < -0.3 is 19.3 Å². The van der Waals surface area contributed by atoms with Crippen molar-refractivity contribution in [2.75, 3.05) is 59.8 Å². The average Bonchev–Trinajstić information content (AvgIpc) is 3.96. The fourth-order valence-electron chi connectivity index (χ4n) is 5.76. The van der Waals surface area contributed by atoms with E-state index in [1.807, 2.05) is 18.2 Å². The minimum absolute atomic E-state index is 0.208. The van der Waals surface area contributed by atoms with Crippen LogP contribution in [0.3, 0.4) is 0 Å². The van der Waals surface area contributed by atoms with Crippen molar-refractivity contribution in [2.24, 2.45) is 0 Å². The highest BCUT2D eigenvalue weighted by molar-refractivity contribution is 6.62. The highest BCUT2D eigenvalue weighted by Crippen LogP contribution is 2.18. The first-order chi connectivity index (χ1) is 29.2. The van der Waals surface area contributed by atoms with Crippen LogP contribution in [0.25, 0.3) is 22.8 Å². The maximum absolute atomic E-state index is 13.1. The van der Waals surface area contributed by atoms with Gasteiger partial charge in [0.1, 0.15) is 23.3 Å². The number of rotatable bonds is 8. The van der Waals surface area contributed by atoms with Crippen LogP contribution in [0, 0.1) is 11.6 Å². The molecule has 2 saturated heterocycles. The minimum atomic E-state index is -1.00. The first kappa shape index (κ1) is 42.6. The zero-order valence-corrected chi connectivity index (χ0v) is 32.9. The number of aryl methyl sites for hydroxylation is 4. The summed E-state index contributed by atoms with van der Waals surface area (Å²) in [7, 11) is -1.00. The van der Waals surface area contributed by atoms with Crippen LogP contribution in [0.15, 0.2) is 97.6 Å². The van der Waals surface area contributed by atoms with Crippen LogP contribution in [-0.2, 0) is 35.2 Å². The molecule has 0 bridgehead atoms. The molecule has 14 nitrogen and oxygen atoms in total. The summed E-state index contributed by atoms with van der Waals surface area (Å²) in [4.78, 5) is 43.9. The Morgan fingerprint density at radius 2 is 1.24 bits per heavy atom. The fraction of sp³-hybridized carbons (Fsp3) is 0.317. The molecule has 0 spiro atoms. The number of H-pyrrole nitrogens is 1. The molecular weight excluding hydrogens is 789 g/mol. The third kappa shape index (κ3) is 13.8. The molecule has 0 atom stereocenters. The first-order valence-electron chi connectivity index (χ1n) is 19.4. The van der Waals surface area contributed by atoms with Gasteiger partial charge in [-0.15, -0.1) is 5.10 Å². The summed E-state index contributed by atoms with van der Waals surface area (Å²) in [5.41, 5.74) is 3.68. The minimum Gasteiger partial charge on any atom is -0.378 e. The maximum atomic E-state index is 13.1. The zero-order chi connectivity index (χ0) is 42.5. The lowest BCUT2D eigenvalue weighted by atomic mass is 10.1. The summed E-state index contributed by atoms with van der Waals surface area (Å²) >= 11 is 5.19. The highest BCUT2D eigenvalue weighted by Gasteiger charge is 2.24. The first-order valence-corrected chi connectivity index (χ1v) is 19.0. The van der Waals surface area contributed by atoms with Crippen molar-refractivity contribution >= 4 is 23.0 Å². The van der Waals surface area contributed by atoms with Crippen molar-refractivity contribution in [3.8, 4) is 22.8 Å². The number of hydrogen-bond acceptors (Lipinski definition) is 10. The Balaban J connectivity index is 0.000000185. The van der Waals surface area contributed by atoms with Crippen LogP contribution in [0.1, 0.15) is 24.1 Å². The summed E-state index contributed by atoms with van der Waals surface area (Å²) in [6.07, 6.45) is 9.45. The summed E-state index contributed by atoms with van der Waals surface area (Å²) in [6, 6.07) is 20.1. The molecule has 6 heterocycles. The molecule has 2 fully saturated rings. The Kier molecular flexibility index (Phi) is 16.9. The van der Waals surface area contributed by atoms with Crippen LogP contribution >= 0.6 is 11.6 Å². The Morgan fingerprint density at radius 3 is 1.73 bits per heavy atom. The van der Waals surface area contributed by atoms with E-state index in [1.54, 1.807) is 64.9 Å². The number of benzene rings is 2. The molecule has 0 unspecified atom stereocenters. The van der Waals surface area contributed by atoms with Gasteiger partial charge in [0.05, 0.1) is 35.0 Å². The van der Waals surface area contributed by atoms with Crippen LogP contribution < -0.4 is 0 Å². The number of morpholine rings is 2. The molecule has 2 amide bonds. The van der Waals surface area contributed by atoms with Gasteiger partial charge in [0, 0.05) is 74.9 Å². The van der Waals surface area contributed by atoms with E-state index in [0.717, 1.165) is 40.9 Å². The smallest absolute Gasteiger partial charge is 0.346 e. The summed E-state index contributed by atoms with van der Waals surface area (Å²) in [6.45, 7) is 4.56. The van der Waals surface area contributed by atoms with E-state index in [0.29, 0.717) is 82.9 Å². The van der Waals surface area contributed by atoms with Crippen LogP contribution in [0.4, 0.5) is 22.8 Å². The third-order valence-corrected chi connectivity index (χ3v) is 9.12. The third-order valence-electron chi connectivity index (χ3n) is 8.88. The van der Waals surface area contributed by atoms with Crippen LogP contribution in [0.2, 0.25) is 0 Å². The molecule has 310 valence electrons. The Bertz CT molecular complexity index is 2170. The van der Waals surface area contributed by atoms with E-state index in [2.05, 4.69) is 35.2 Å². The second-order valence-electron chi connectivity index (χ2n) is 12.8. The molecular formula is C41H44ClF3N10O4. The molecule has 2 aliphatic rings. The molecule has 4 aromatic heterocycles. The number of carbonyl (C=O) groups is 2. The second kappa shape index (κ2) is 23.4. The van der Waals surface area contributed by atoms with Crippen molar-refractivity contribution in [3.05, 3.63) is 132 Å². The Labute approximate surface area is 345 Å². The summed E-state index contributed by atoms with van der Waals surface area (Å²) in [5.74, 6) is 2.00. The maximum Gasteiger partial charge on any atom is 0.346 e. The van der Waals surface area contributed by atoms with E-state index in [4.69, 9.17) is 22.4 Å². The van der Waals surface area contributed by atoms with E-state index in [-0.39, 0.29) is 23.0 Å². The molecule has 0 aliphatic carbocycles. The van der Waals surface area contributed by atoms with E-state index in [9.17, 15) is 22.8 Å². The number of halogens is 4. The topological polar surface area (TPSA) is 157 Å². The van der Waals surface area contributed by atoms with Crippen molar-refractivity contribution in [3.63, 3.8) is 0 Å². The van der Waals surface area contributed by atoms with Crippen molar-refractivity contribution < 1.29 is 33.6 Å². The number of amides is 2. The SMILES string of the molecule is Fc1ccc(CCc2nc(-c3cccnc3)n[nH]2)cc1.O=C(Cl)N1CCOCC1.O=C(N1CCOCC1)n1nc(-c2cccnc2)nc1CCc1ccc(F)cc1.[2H]CF. The molecule has 2 aliphatic heterocycles. The molecule has 59 heavy (non-hydrogen) atoms. The van der Waals surface area contributed by atoms with Crippen LogP contribution in [-0.4, -0.2) is 121 Å². The lowest BCUT2D eigenvalue weighted by Gasteiger charge is -2.26. The largest absolute Gasteiger partial charge is 0.378 e. The Hall–Kier alpha value is -6.04. The molecule has 0 saturated carbocycles. The van der Waals surface area contributed by atoms with Gasteiger partial charge >= 0.3 is 11.4 Å². The van der Waals surface area contributed by atoms with E-state index >= 15 is 0 Å². The number of alkyl halides is 1. The highest BCUT2D eigenvalue weighted by atomic mass is 35.5. The molecule has 8 rings (SSSR count). The number of pyridine rings is 2. The molecule has 0 radical (unpaired) electrons. The number of nitrogens with zero attached hydrogens (tertiary/aromatic N) is 9. The van der Waals surface area contributed by atoms with Gasteiger partial charge in [-0.05, 0) is 84.1 Å². The predicted octanol–water partition coefficient (Wildman–Crippen LogP) is 6.62. The number of aromatic nitrogens is 8. The number of carbonyl (C=O) groups excluding carboxylic acids is 2. The van der Waals surface area contributed by atoms with Crippen molar-refractivity contribution in [2.45, 2.75) is 25.7 Å². The predicted molar refractivity (Wildman–Crippen MR) is 214 cm³/mol. The van der Waals surface area contributed by atoms with Crippen LogP contribution in [0.5, 0.6) is 0 Å². The second-order valence-corrected chi connectivity index (χ2v) is 13.2. The summed E-state index contributed by atoms with van der Waals surface area (Å²) < 4.78 is 53.1. The van der Waals surface area contributed by atoms with Gasteiger partial charge in [0.15, 0.2) is 11.6 Å². The van der Waals surface area contributed by atoms with Crippen molar-refractivity contribution in [1.29, 1.82) is 0 Å². The monoisotopic (exact) mass is 833 g/mol. The standard InChI is InChI=1S/C20H20FN5O2.C15H13FN4.C5H8ClNO2.CH3F/c21-17-6-3-15(4-7-17)5-8-18-23-19(16-2-1-9-22-14-16)24-26(18)20(27)25-10-12-28-13-11-25;16-13-6-3-11(4-7-13)5-8-14-18-15(20-19-14)12-2-1-9-17-10-12;6-5(8)7-1-3-9-4-2-7;1-2/h1-4,6-7,9,14H,5,8,10-13H2;1-4,6-7,9-10H,5,8H2,(H,18,19,20);1-4H2;1H3/i;;;1D. The number of hydrogen-bond donors (Lipinski definition) is 1. The van der Waals surface area contributed by atoms with E-state index in [1.165, 1.54) is 28.9 Å². The number of ether oxygens (including phenoxy) is 2. The lowest BCUT2D eigenvalue weighted by Crippen LogP contribution is -2.43. The lowest BCUT2D eigenvalue weighted by molar-refractivity contribution is 0.0527. The molecule has 18 heteroatoms. The van der Waals surface area contributed by atoms with Gasteiger partial charge in [-0.1, -0.05) is 24.3 Å². The molecule has 1 N–H and O–H groups in total. The Morgan fingerprint density at radius 1 is 0.729 bits per heavy atom.